The second-order valence-corrected chi connectivity index (χ2v) is 9.80. The van der Waals surface area contributed by atoms with Gasteiger partial charge < -0.3 is 13.6 Å². The summed E-state index contributed by atoms with van der Waals surface area (Å²) in [6.45, 7) is 5.30. The molecule has 176 valence electrons. The van der Waals surface area contributed by atoms with E-state index in [1.807, 2.05) is 36.4 Å². The van der Waals surface area contributed by atoms with Gasteiger partial charge in [0.05, 0.1) is 18.9 Å². The fraction of sp³-hybridized carbons (Fsp3) is 0.222. The quantitative estimate of drug-likeness (QED) is 0.204. The van der Waals surface area contributed by atoms with Gasteiger partial charge in [0, 0.05) is 28.5 Å². The Balaban J connectivity index is 2.17. The minimum Gasteiger partial charge on any atom is -0.305 e. The normalized spacial score (nSPS) is 11.8. The highest BCUT2D eigenvalue weighted by Crippen LogP contribution is 2.50. The molecule has 0 N–H and O–H groups in total. The van der Waals surface area contributed by atoms with Crippen molar-refractivity contribution in [3.63, 3.8) is 0 Å². The highest BCUT2D eigenvalue weighted by atomic mass is 31.2. The van der Waals surface area contributed by atoms with Crippen molar-refractivity contribution in [1.29, 1.82) is 0 Å². The molecule has 0 saturated carbocycles. The van der Waals surface area contributed by atoms with E-state index in [1.54, 1.807) is 42.7 Å². The molecule has 0 saturated heterocycles. The summed E-state index contributed by atoms with van der Waals surface area (Å²) < 4.78 is 42.0. The molecule has 5 nitrogen and oxygen atoms in total. The van der Waals surface area contributed by atoms with Crippen molar-refractivity contribution < 1.29 is 22.8 Å². The number of nitrogens with zero attached hydrogens (tertiary/aromatic N) is 1. The maximum Gasteiger partial charge on any atom is 0.378 e. The summed E-state index contributed by atoms with van der Waals surface area (Å²) >= 11 is 0. The summed E-state index contributed by atoms with van der Waals surface area (Å²) in [5.41, 5.74) is 2.99. The molecule has 34 heavy (non-hydrogen) atoms. The number of fused-ring (bicyclic) bond motifs is 1. The van der Waals surface area contributed by atoms with Gasteiger partial charge in [-0.3, -0.25) is 9.36 Å². The summed E-state index contributed by atoms with van der Waals surface area (Å²) in [7, 11) is -3.84. The molecule has 0 amide bonds. The molecule has 1 aromatic heterocycles. The smallest absolute Gasteiger partial charge is 0.305 e. The van der Waals surface area contributed by atoms with Crippen LogP contribution in [0.2, 0.25) is 0 Å². The van der Waals surface area contributed by atoms with Crippen LogP contribution in [0.5, 0.6) is 0 Å². The number of halogens is 1. The topological polar surface area (TPSA) is 57.5 Å². The first-order chi connectivity index (χ1) is 16.4. The number of ketones is 1. The summed E-state index contributed by atoms with van der Waals surface area (Å²) in [5, 5.41) is 1.16. The number of Topliss-reactive ketones (excluding diaryl/α,β-unsaturated/α-hetero) is 1. The molecule has 0 aliphatic heterocycles. The fourth-order valence-corrected chi connectivity index (χ4v) is 6.24. The second-order valence-electron chi connectivity index (χ2n) is 7.86. The summed E-state index contributed by atoms with van der Waals surface area (Å²) in [6, 6.07) is 21.2. The number of para-hydroxylation sites is 1. The zero-order valence-corrected chi connectivity index (χ0v) is 20.3. The van der Waals surface area contributed by atoms with E-state index in [2.05, 4.69) is 0 Å². The largest absolute Gasteiger partial charge is 0.378 e. The number of aromatic nitrogens is 1. The number of hydrogen-bond acceptors (Lipinski definition) is 4. The molecule has 0 aliphatic carbocycles. The maximum atomic E-state index is 14.5. The van der Waals surface area contributed by atoms with Crippen LogP contribution in [-0.4, -0.2) is 23.6 Å². The van der Waals surface area contributed by atoms with Crippen molar-refractivity contribution >= 4 is 29.6 Å². The Morgan fingerprint density at radius 3 is 2.21 bits per heavy atom. The van der Waals surface area contributed by atoms with Gasteiger partial charge in [0.25, 0.3) is 0 Å². The van der Waals surface area contributed by atoms with Crippen LogP contribution < -0.4 is 5.44 Å². The van der Waals surface area contributed by atoms with Crippen LogP contribution in [0, 0.1) is 5.82 Å². The van der Waals surface area contributed by atoms with Gasteiger partial charge in [0.2, 0.25) is 0 Å². The van der Waals surface area contributed by atoms with Crippen molar-refractivity contribution in [3.8, 4) is 5.69 Å². The second kappa shape index (κ2) is 10.1. The summed E-state index contributed by atoms with van der Waals surface area (Å²) in [6.07, 6.45) is 0.422. The molecule has 0 unspecified atom stereocenters. The SMILES string of the molecule is CCOP(=O)(OCC)c1c2ccc(F)cc2c(Cc2ccccc2)n1-c1ccccc1C(C)=O. The number of rotatable bonds is 9. The maximum absolute atomic E-state index is 14.5. The Kier molecular flexibility index (Phi) is 7.13. The third-order valence-electron chi connectivity index (χ3n) is 5.61. The minimum atomic E-state index is -3.84. The van der Waals surface area contributed by atoms with E-state index >= 15 is 0 Å². The lowest BCUT2D eigenvalue weighted by Crippen LogP contribution is -2.23. The average molecular weight is 479 g/mol. The molecule has 3 aromatic carbocycles. The standard InChI is InChI=1S/C27H27FNO4P/c1-4-32-34(31,33-5-2)27-23-16-15-21(28)18-24(23)26(17-20-11-7-6-8-12-20)29(27)25-14-10-9-13-22(25)19(3)30/h6-16,18H,4-5,17H2,1-3H3. The zero-order valence-electron chi connectivity index (χ0n) is 19.5. The van der Waals surface area contributed by atoms with E-state index in [1.165, 1.54) is 19.1 Å². The van der Waals surface area contributed by atoms with Crippen LogP contribution in [0.15, 0.2) is 72.8 Å². The van der Waals surface area contributed by atoms with E-state index < -0.39 is 13.4 Å². The Bertz CT molecular complexity index is 1370. The van der Waals surface area contributed by atoms with Crippen molar-refractivity contribution in [1.82, 2.24) is 4.57 Å². The van der Waals surface area contributed by atoms with Crippen LogP contribution >= 0.6 is 7.60 Å². The molecular weight excluding hydrogens is 452 g/mol. The van der Waals surface area contributed by atoms with E-state index in [-0.39, 0.29) is 19.0 Å². The van der Waals surface area contributed by atoms with Gasteiger partial charge in [-0.1, -0.05) is 42.5 Å². The van der Waals surface area contributed by atoms with E-state index in [4.69, 9.17) is 9.05 Å². The minimum absolute atomic E-state index is 0.140. The van der Waals surface area contributed by atoms with E-state index in [0.717, 1.165) is 5.56 Å². The lowest BCUT2D eigenvalue weighted by molar-refractivity contribution is 0.101. The Morgan fingerprint density at radius 1 is 0.912 bits per heavy atom. The monoisotopic (exact) mass is 479 g/mol. The first-order valence-electron chi connectivity index (χ1n) is 11.3. The van der Waals surface area contributed by atoms with Crippen LogP contribution in [0.1, 0.15) is 42.4 Å². The van der Waals surface area contributed by atoms with Gasteiger partial charge in [-0.15, -0.1) is 0 Å². The first-order valence-corrected chi connectivity index (χ1v) is 12.8. The number of benzene rings is 3. The third kappa shape index (κ3) is 4.49. The molecule has 0 atom stereocenters. The summed E-state index contributed by atoms with van der Waals surface area (Å²) in [5.74, 6) is -0.549. The molecular formula is C27H27FNO4P. The van der Waals surface area contributed by atoms with E-state index in [0.29, 0.717) is 39.6 Å². The Morgan fingerprint density at radius 2 is 1.56 bits per heavy atom. The number of carbonyl (C=O) groups is 1. The van der Waals surface area contributed by atoms with Gasteiger partial charge >= 0.3 is 7.60 Å². The molecule has 0 spiro atoms. The van der Waals surface area contributed by atoms with Crippen molar-refractivity contribution in [3.05, 3.63) is 95.4 Å². The van der Waals surface area contributed by atoms with Gasteiger partial charge in [0.1, 0.15) is 11.3 Å². The molecule has 0 aliphatic rings. The zero-order chi connectivity index (χ0) is 24.3. The van der Waals surface area contributed by atoms with Crippen molar-refractivity contribution in [2.45, 2.75) is 27.2 Å². The molecule has 1 heterocycles. The van der Waals surface area contributed by atoms with Crippen LogP contribution in [0.3, 0.4) is 0 Å². The molecule has 4 aromatic rings. The number of carbonyl (C=O) groups excluding carboxylic acids is 1. The van der Waals surface area contributed by atoms with Gasteiger partial charge in [-0.2, -0.15) is 0 Å². The fourth-order valence-electron chi connectivity index (χ4n) is 4.28. The third-order valence-corrected chi connectivity index (χ3v) is 7.77. The predicted molar refractivity (Wildman–Crippen MR) is 133 cm³/mol. The first kappa shape index (κ1) is 24.1. The number of hydrogen-bond donors (Lipinski definition) is 0. The van der Waals surface area contributed by atoms with Crippen LogP contribution in [0.4, 0.5) is 4.39 Å². The molecule has 7 heteroatoms. The highest BCUT2D eigenvalue weighted by Gasteiger charge is 2.36. The van der Waals surface area contributed by atoms with Gasteiger partial charge in [-0.25, -0.2) is 4.39 Å². The molecule has 0 radical (unpaired) electrons. The highest BCUT2D eigenvalue weighted by molar-refractivity contribution is 7.62. The Hall–Kier alpha value is -3.05. The van der Waals surface area contributed by atoms with Crippen LogP contribution in [-0.2, 0) is 20.0 Å². The van der Waals surface area contributed by atoms with Gasteiger partial charge in [0.15, 0.2) is 5.78 Å². The van der Waals surface area contributed by atoms with Gasteiger partial charge in [-0.05, 0) is 56.7 Å². The van der Waals surface area contributed by atoms with Crippen molar-refractivity contribution in [2.24, 2.45) is 0 Å². The van der Waals surface area contributed by atoms with E-state index in [9.17, 15) is 13.8 Å². The average Bonchev–Trinajstić information content (AvgIpc) is 3.14. The lowest BCUT2D eigenvalue weighted by Gasteiger charge is -2.22. The Labute approximate surface area is 198 Å². The van der Waals surface area contributed by atoms with Crippen LogP contribution in [0.25, 0.3) is 16.5 Å². The molecule has 0 bridgehead atoms. The summed E-state index contributed by atoms with van der Waals surface area (Å²) in [4.78, 5) is 12.6. The lowest BCUT2D eigenvalue weighted by atomic mass is 10.1. The molecule has 0 fully saturated rings. The molecule has 4 rings (SSSR count). The predicted octanol–water partition coefficient (Wildman–Crippen LogP) is 6.45. The van der Waals surface area contributed by atoms with Crippen molar-refractivity contribution in [2.75, 3.05) is 13.2 Å².